The number of carbonyl (C=O) groups excluding carboxylic acids is 1. The lowest BCUT2D eigenvalue weighted by molar-refractivity contribution is -0.130. The van der Waals surface area contributed by atoms with Crippen LogP contribution in [0.4, 0.5) is 0 Å². The summed E-state index contributed by atoms with van der Waals surface area (Å²) >= 11 is 0. The van der Waals surface area contributed by atoms with Crippen molar-refractivity contribution >= 4 is 5.91 Å². The normalized spacial score (nSPS) is 14.1. The first-order valence-electron chi connectivity index (χ1n) is 5.91. The van der Waals surface area contributed by atoms with Crippen LogP contribution in [0.15, 0.2) is 18.5 Å². The summed E-state index contributed by atoms with van der Waals surface area (Å²) < 4.78 is 0. The molecule has 0 aliphatic heterocycles. The van der Waals surface area contributed by atoms with Crippen LogP contribution in [0.2, 0.25) is 0 Å². The summed E-state index contributed by atoms with van der Waals surface area (Å²) in [6.07, 6.45) is 4.27. The molecule has 0 saturated heterocycles. The zero-order chi connectivity index (χ0) is 12.9. The van der Waals surface area contributed by atoms with Gasteiger partial charge in [-0.05, 0) is 37.5 Å². The van der Waals surface area contributed by atoms with Gasteiger partial charge in [0.1, 0.15) is 0 Å². The van der Waals surface area contributed by atoms with Crippen LogP contribution >= 0.6 is 0 Å². The molecular formula is C13H21N3O. The fourth-order valence-corrected chi connectivity index (χ4v) is 1.49. The summed E-state index contributed by atoms with van der Waals surface area (Å²) in [6, 6.07) is 1.92. The van der Waals surface area contributed by atoms with Gasteiger partial charge in [0, 0.05) is 25.5 Å². The minimum Gasteiger partial charge on any atom is -0.351 e. The molecule has 1 unspecified atom stereocenters. The average Bonchev–Trinajstić information content (AvgIpc) is 2.36. The molecule has 0 fully saturated rings. The summed E-state index contributed by atoms with van der Waals surface area (Å²) in [6.45, 7) is 6.75. The number of hydrogen-bond donors (Lipinski definition) is 2. The molecule has 1 rings (SSSR count). The second-order valence-corrected chi connectivity index (χ2v) is 4.60. The highest BCUT2D eigenvalue weighted by molar-refractivity contribution is 5.82. The number of amides is 1. The van der Waals surface area contributed by atoms with E-state index in [0.29, 0.717) is 13.1 Å². The van der Waals surface area contributed by atoms with E-state index in [1.54, 1.807) is 12.4 Å². The summed E-state index contributed by atoms with van der Waals surface area (Å²) in [7, 11) is 0. The molecule has 4 heteroatoms. The molecule has 94 valence electrons. The molecule has 1 aromatic heterocycles. The van der Waals surface area contributed by atoms with E-state index in [9.17, 15) is 4.79 Å². The first kappa shape index (κ1) is 13.6. The summed E-state index contributed by atoms with van der Waals surface area (Å²) in [5.74, 6) is 0.0127. The molecule has 3 N–H and O–H groups in total. The molecule has 0 saturated carbocycles. The standard InChI is InChI=1S/C13H21N3O/c1-4-13(3,9-14)12(17)16-8-11-5-6-15-7-10(11)2/h5-7H,4,8-9,14H2,1-3H3,(H,16,17). The first-order valence-corrected chi connectivity index (χ1v) is 5.91. The largest absolute Gasteiger partial charge is 0.351 e. The third-order valence-corrected chi connectivity index (χ3v) is 3.35. The number of hydrogen-bond acceptors (Lipinski definition) is 3. The van der Waals surface area contributed by atoms with E-state index in [1.165, 1.54) is 0 Å². The van der Waals surface area contributed by atoms with Gasteiger partial charge in [-0.2, -0.15) is 0 Å². The molecule has 0 aliphatic rings. The Hall–Kier alpha value is -1.42. The SMILES string of the molecule is CCC(C)(CN)C(=O)NCc1ccncc1C. The van der Waals surface area contributed by atoms with Gasteiger partial charge in [0.25, 0.3) is 0 Å². The second-order valence-electron chi connectivity index (χ2n) is 4.60. The quantitative estimate of drug-likeness (QED) is 0.810. The maximum Gasteiger partial charge on any atom is 0.227 e. The molecule has 0 aromatic carbocycles. The second kappa shape index (κ2) is 5.77. The van der Waals surface area contributed by atoms with Crippen molar-refractivity contribution in [1.82, 2.24) is 10.3 Å². The van der Waals surface area contributed by atoms with E-state index in [2.05, 4.69) is 10.3 Å². The number of aryl methyl sites for hydroxylation is 1. The zero-order valence-electron chi connectivity index (χ0n) is 10.8. The van der Waals surface area contributed by atoms with Crippen LogP contribution < -0.4 is 11.1 Å². The Balaban J connectivity index is 2.63. The van der Waals surface area contributed by atoms with Crippen LogP contribution in [0, 0.1) is 12.3 Å². The Morgan fingerprint density at radius 3 is 2.82 bits per heavy atom. The van der Waals surface area contributed by atoms with Gasteiger partial charge in [-0.3, -0.25) is 9.78 Å². The molecule has 1 aromatic rings. The van der Waals surface area contributed by atoms with E-state index >= 15 is 0 Å². The topological polar surface area (TPSA) is 68.0 Å². The molecule has 0 radical (unpaired) electrons. The van der Waals surface area contributed by atoms with Crippen molar-refractivity contribution in [2.45, 2.75) is 33.7 Å². The van der Waals surface area contributed by atoms with Gasteiger partial charge in [-0.15, -0.1) is 0 Å². The maximum absolute atomic E-state index is 12.0. The molecule has 0 spiro atoms. The predicted octanol–water partition coefficient (Wildman–Crippen LogP) is 1.38. The fraction of sp³-hybridized carbons (Fsp3) is 0.538. The lowest BCUT2D eigenvalue weighted by atomic mass is 9.86. The predicted molar refractivity (Wildman–Crippen MR) is 68.3 cm³/mol. The number of pyridine rings is 1. The van der Waals surface area contributed by atoms with E-state index in [1.807, 2.05) is 26.8 Å². The molecule has 17 heavy (non-hydrogen) atoms. The first-order chi connectivity index (χ1) is 8.03. The lowest BCUT2D eigenvalue weighted by Crippen LogP contribution is -2.43. The third-order valence-electron chi connectivity index (χ3n) is 3.35. The molecule has 0 aliphatic carbocycles. The van der Waals surface area contributed by atoms with E-state index in [-0.39, 0.29) is 5.91 Å². The molecule has 1 amide bonds. The Labute approximate surface area is 103 Å². The van der Waals surface area contributed by atoms with Gasteiger partial charge >= 0.3 is 0 Å². The number of aromatic nitrogens is 1. The van der Waals surface area contributed by atoms with Crippen LogP contribution in [0.3, 0.4) is 0 Å². The molecule has 0 bridgehead atoms. The minimum atomic E-state index is -0.471. The third kappa shape index (κ3) is 3.27. The molecule has 4 nitrogen and oxygen atoms in total. The fourth-order valence-electron chi connectivity index (χ4n) is 1.49. The number of rotatable bonds is 5. The Kier molecular flexibility index (Phi) is 4.63. The van der Waals surface area contributed by atoms with Gasteiger partial charge in [0.2, 0.25) is 5.91 Å². The van der Waals surface area contributed by atoms with E-state index < -0.39 is 5.41 Å². The van der Waals surface area contributed by atoms with Gasteiger partial charge in [0.15, 0.2) is 0 Å². The van der Waals surface area contributed by atoms with Gasteiger partial charge in [-0.1, -0.05) is 6.92 Å². The van der Waals surface area contributed by atoms with Crippen molar-refractivity contribution in [1.29, 1.82) is 0 Å². The summed E-state index contributed by atoms with van der Waals surface area (Å²) in [5.41, 5.74) is 7.34. The van der Waals surface area contributed by atoms with Crippen molar-refractivity contribution < 1.29 is 4.79 Å². The molecule has 1 heterocycles. The zero-order valence-corrected chi connectivity index (χ0v) is 10.8. The Bertz CT molecular complexity index is 386. The van der Waals surface area contributed by atoms with Crippen LogP contribution in [0.1, 0.15) is 31.4 Å². The molecular weight excluding hydrogens is 214 g/mol. The highest BCUT2D eigenvalue weighted by Gasteiger charge is 2.29. The van der Waals surface area contributed by atoms with Gasteiger partial charge < -0.3 is 11.1 Å². The molecule has 1 atom stereocenters. The number of carbonyl (C=O) groups is 1. The van der Waals surface area contributed by atoms with Crippen LogP contribution in [-0.4, -0.2) is 17.4 Å². The highest BCUT2D eigenvalue weighted by Crippen LogP contribution is 2.19. The Morgan fingerprint density at radius 1 is 1.59 bits per heavy atom. The number of nitrogens with zero attached hydrogens (tertiary/aromatic N) is 1. The minimum absolute atomic E-state index is 0.0127. The van der Waals surface area contributed by atoms with Crippen molar-refractivity contribution in [2.24, 2.45) is 11.1 Å². The van der Waals surface area contributed by atoms with E-state index in [4.69, 9.17) is 5.73 Å². The number of nitrogens with one attached hydrogen (secondary N) is 1. The van der Waals surface area contributed by atoms with Crippen LogP contribution in [-0.2, 0) is 11.3 Å². The maximum atomic E-state index is 12.0. The van der Waals surface area contributed by atoms with E-state index in [0.717, 1.165) is 17.5 Å². The summed E-state index contributed by atoms with van der Waals surface area (Å²) in [5, 5.41) is 2.94. The van der Waals surface area contributed by atoms with Gasteiger partial charge in [0.05, 0.1) is 5.41 Å². The lowest BCUT2D eigenvalue weighted by Gasteiger charge is -2.25. The average molecular weight is 235 g/mol. The summed E-state index contributed by atoms with van der Waals surface area (Å²) in [4.78, 5) is 16.0. The smallest absolute Gasteiger partial charge is 0.227 e. The Morgan fingerprint density at radius 2 is 2.29 bits per heavy atom. The van der Waals surface area contributed by atoms with Crippen molar-refractivity contribution in [2.75, 3.05) is 6.54 Å². The van der Waals surface area contributed by atoms with Crippen molar-refractivity contribution in [3.63, 3.8) is 0 Å². The number of nitrogens with two attached hydrogens (primary N) is 1. The van der Waals surface area contributed by atoms with Gasteiger partial charge in [-0.25, -0.2) is 0 Å². The van der Waals surface area contributed by atoms with Crippen molar-refractivity contribution in [3.8, 4) is 0 Å². The van der Waals surface area contributed by atoms with Crippen LogP contribution in [0.25, 0.3) is 0 Å². The highest BCUT2D eigenvalue weighted by atomic mass is 16.2. The monoisotopic (exact) mass is 235 g/mol. The van der Waals surface area contributed by atoms with Crippen LogP contribution in [0.5, 0.6) is 0 Å². The van der Waals surface area contributed by atoms with Crippen molar-refractivity contribution in [3.05, 3.63) is 29.6 Å².